The predicted molar refractivity (Wildman–Crippen MR) is 71.7 cm³/mol. The first-order chi connectivity index (χ1) is 9.02. The zero-order valence-electron chi connectivity index (χ0n) is 11.2. The lowest BCUT2D eigenvalue weighted by Crippen LogP contribution is -2.24. The molecule has 0 spiro atoms. The van der Waals surface area contributed by atoms with Gasteiger partial charge in [0.1, 0.15) is 12.4 Å². The Morgan fingerprint density at radius 3 is 2.84 bits per heavy atom. The number of aliphatic hydroxyl groups excluding tert-OH is 1. The molecule has 0 bridgehead atoms. The molecule has 19 heavy (non-hydrogen) atoms. The summed E-state index contributed by atoms with van der Waals surface area (Å²) >= 11 is 0. The van der Waals surface area contributed by atoms with Gasteiger partial charge in [0.25, 0.3) is 0 Å². The van der Waals surface area contributed by atoms with Crippen molar-refractivity contribution in [2.24, 2.45) is 5.92 Å². The minimum Gasteiger partial charge on any atom is -0.384 e. The molecule has 102 valence electrons. The molecule has 0 fully saturated rings. The third-order valence-corrected chi connectivity index (χ3v) is 2.43. The highest BCUT2D eigenvalue weighted by Crippen LogP contribution is 2.10. The topological polar surface area (TPSA) is 49.3 Å². The highest BCUT2D eigenvalue weighted by Gasteiger charge is 2.07. The van der Waals surface area contributed by atoms with E-state index in [0.717, 1.165) is 0 Å². The normalized spacial score (nSPS) is 9.95. The summed E-state index contributed by atoms with van der Waals surface area (Å²) in [5, 5.41) is 11.3. The van der Waals surface area contributed by atoms with Gasteiger partial charge in [-0.05, 0) is 24.1 Å². The fourth-order valence-corrected chi connectivity index (χ4v) is 1.57. The van der Waals surface area contributed by atoms with Crippen molar-refractivity contribution in [3.8, 4) is 11.8 Å². The lowest BCUT2D eigenvalue weighted by molar-refractivity contribution is -0.121. The van der Waals surface area contributed by atoms with Gasteiger partial charge in [-0.2, -0.15) is 0 Å². The molecule has 0 unspecified atom stereocenters. The smallest absolute Gasteiger partial charge is 0.220 e. The van der Waals surface area contributed by atoms with E-state index in [1.54, 1.807) is 6.07 Å². The first kappa shape index (κ1) is 15.2. The van der Waals surface area contributed by atoms with Crippen LogP contribution in [0.4, 0.5) is 4.39 Å². The molecule has 0 aliphatic carbocycles. The summed E-state index contributed by atoms with van der Waals surface area (Å²) in [6, 6.07) is 4.43. The number of benzene rings is 1. The number of halogens is 1. The van der Waals surface area contributed by atoms with E-state index >= 15 is 0 Å². The Hall–Kier alpha value is -1.86. The van der Waals surface area contributed by atoms with E-state index in [9.17, 15) is 9.18 Å². The summed E-state index contributed by atoms with van der Waals surface area (Å²) in [7, 11) is 0. The van der Waals surface area contributed by atoms with Gasteiger partial charge >= 0.3 is 0 Å². The molecular formula is C15H18FNO2. The Morgan fingerprint density at radius 2 is 2.21 bits per heavy atom. The molecule has 1 rings (SSSR count). The third kappa shape index (κ3) is 5.54. The van der Waals surface area contributed by atoms with Gasteiger partial charge in [0.05, 0.1) is 0 Å². The van der Waals surface area contributed by atoms with Crippen molar-refractivity contribution in [2.45, 2.75) is 26.8 Å². The molecule has 0 atom stereocenters. The SMILES string of the molecule is CC(C)CC(=O)NCc1cc(C#CCO)ccc1F. The summed E-state index contributed by atoms with van der Waals surface area (Å²) in [5.41, 5.74) is 1.01. The molecule has 0 aromatic heterocycles. The second kappa shape index (κ2) is 7.55. The van der Waals surface area contributed by atoms with Crippen molar-refractivity contribution in [3.05, 3.63) is 35.1 Å². The third-order valence-electron chi connectivity index (χ3n) is 2.43. The molecule has 0 aliphatic rings. The van der Waals surface area contributed by atoms with Gasteiger partial charge in [-0.25, -0.2) is 4.39 Å². The number of rotatable bonds is 4. The van der Waals surface area contributed by atoms with E-state index in [4.69, 9.17) is 5.11 Å². The van der Waals surface area contributed by atoms with Gasteiger partial charge in [0.2, 0.25) is 5.91 Å². The van der Waals surface area contributed by atoms with Crippen LogP contribution in [0.3, 0.4) is 0 Å². The van der Waals surface area contributed by atoms with Gasteiger partial charge in [-0.3, -0.25) is 4.79 Å². The minimum absolute atomic E-state index is 0.0961. The highest BCUT2D eigenvalue weighted by atomic mass is 19.1. The Kier molecular flexibility index (Phi) is 6.04. The molecule has 0 saturated heterocycles. The van der Waals surface area contributed by atoms with Crippen LogP contribution in [0.25, 0.3) is 0 Å². The van der Waals surface area contributed by atoms with Crippen LogP contribution in [-0.2, 0) is 11.3 Å². The molecule has 4 heteroatoms. The van der Waals surface area contributed by atoms with Crippen molar-refractivity contribution in [3.63, 3.8) is 0 Å². The van der Waals surface area contributed by atoms with Crippen molar-refractivity contribution >= 4 is 5.91 Å². The maximum Gasteiger partial charge on any atom is 0.220 e. The minimum atomic E-state index is -0.376. The monoisotopic (exact) mass is 263 g/mol. The lowest BCUT2D eigenvalue weighted by Gasteiger charge is -2.08. The van der Waals surface area contributed by atoms with Crippen LogP contribution in [0.15, 0.2) is 18.2 Å². The number of aliphatic hydroxyl groups is 1. The summed E-state index contributed by atoms with van der Waals surface area (Å²) in [4.78, 5) is 11.5. The number of hydrogen-bond acceptors (Lipinski definition) is 2. The van der Waals surface area contributed by atoms with Crippen molar-refractivity contribution in [1.82, 2.24) is 5.32 Å². The molecule has 0 aliphatic heterocycles. The van der Waals surface area contributed by atoms with Crippen molar-refractivity contribution < 1.29 is 14.3 Å². The molecule has 2 N–H and O–H groups in total. The fourth-order valence-electron chi connectivity index (χ4n) is 1.57. The lowest BCUT2D eigenvalue weighted by atomic mass is 10.1. The average molecular weight is 263 g/mol. The maximum absolute atomic E-state index is 13.6. The van der Waals surface area contributed by atoms with Crippen molar-refractivity contribution in [1.29, 1.82) is 0 Å². The van der Waals surface area contributed by atoms with Gasteiger partial charge in [0, 0.05) is 24.1 Å². The molecule has 1 aromatic rings. The standard InChI is InChI=1S/C15H18FNO2/c1-11(2)8-15(19)17-10-13-9-12(4-3-7-18)5-6-14(13)16/h5-6,9,11,18H,7-8,10H2,1-2H3,(H,17,19). The molecule has 0 saturated carbocycles. The van der Waals surface area contributed by atoms with Gasteiger partial charge in [-0.15, -0.1) is 0 Å². The molecule has 1 aromatic carbocycles. The average Bonchev–Trinajstić information content (AvgIpc) is 2.35. The van der Waals surface area contributed by atoms with E-state index < -0.39 is 0 Å². The molecule has 3 nitrogen and oxygen atoms in total. The van der Waals surface area contributed by atoms with E-state index in [1.807, 2.05) is 13.8 Å². The Balaban J connectivity index is 2.69. The van der Waals surface area contributed by atoms with Crippen LogP contribution >= 0.6 is 0 Å². The Bertz CT molecular complexity index is 501. The van der Waals surface area contributed by atoms with Crippen LogP contribution < -0.4 is 5.32 Å². The van der Waals surface area contributed by atoms with Crippen LogP contribution in [0, 0.1) is 23.6 Å². The van der Waals surface area contributed by atoms with Gasteiger partial charge in [-0.1, -0.05) is 25.7 Å². The van der Waals surface area contributed by atoms with Crippen LogP contribution in [0.1, 0.15) is 31.4 Å². The quantitative estimate of drug-likeness (QED) is 0.814. The van der Waals surface area contributed by atoms with Crippen LogP contribution in [-0.4, -0.2) is 17.6 Å². The summed E-state index contributed by atoms with van der Waals surface area (Å²) < 4.78 is 13.6. The largest absolute Gasteiger partial charge is 0.384 e. The van der Waals surface area contributed by atoms with Gasteiger partial charge < -0.3 is 10.4 Å². The molecule has 0 radical (unpaired) electrons. The second-order valence-electron chi connectivity index (χ2n) is 4.64. The van der Waals surface area contributed by atoms with E-state index in [2.05, 4.69) is 17.2 Å². The Labute approximate surface area is 112 Å². The van der Waals surface area contributed by atoms with E-state index in [-0.39, 0.29) is 30.8 Å². The van der Waals surface area contributed by atoms with Crippen molar-refractivity contribution in [2.75, 3.05) is 6.61 Å². The predicted octanol–water partition coefficient (Wildman–Crippen LogP) is 1.83. The van der Waals surface area contributed by atoms with E-state index in [1.165, 1.54) is 12.1 Å². The number of carbonyl (C=O) groups excluding carboxylic acids is 1. The number of carbonyl (C=O) groups is 1. The summed E-state index contributed by atoms with van der Waals surface area (Å²) in [5.74, 6) is 5.00. The zero-order chi connectivity index (χ0) is 14.3. The van der Waals surface area contributed by atoms with Crippen LogP contribution in [0.5, 0.6) is 0 Å². The number of amides is 1. The van der Waals surface area contributed by atoms with E-state index in [0.29, 0.717) is 17.5 Å². The van der Waals surface area contributed by atoms with Crippen LogP contribution in [0.2, 0.25) is 0 Å². The fraction of sp³-hybridized carbons (Fsp3) is 0.400. The molecule has 0 heterocycles. The second-order valence-corrected chi connectivity index (χ2v) is 4.64. The highest BCUT2D eigenvalue weighted by molar-refractivity contribution is 5.76. The summed E-state index contributed by atoms with van der Waals surface area (Å²) in [6.07, 6.45) is 0.422. The Morgan fingerprint density at radius 1 is 1.47 bits per heavy atom. The maximum atomic E-state index is 13.6. The molecular weight excluding hydrogens is 245 g/mol. The first-order valence-electron chi connectivity index (χ1n) is 6.17. The summed E-state index contributed by atoms with van der Waals surface area (Å²) in [6.45, 7) is 3.81. The zero-order valence-corrected chi connectivity index (χ0v) is 11.2. The molecule has 1 amide bonds. The number of nitrogens with one attached hydrogen (secondary N) is 1. The van der Waals surface area contributed by atoms with Gasteiger partial charge in [0.15, 0.2) is 0 Å². The number of hydrogen-bond donors (Lipinski definition) is 2. The first-order valence-corrected chi connectivity index (χ1v) is 6.17.